The summed E-state index contributed by atoms with van der Waals surface area (Å²) < 4.78 is 46.5. The lowest BCUT2D eigenvalue weighted by molar-refractivity contribution is 0.430. The quantitative estimate of drug-likeness (QED) is 0.291. The maximum atomic E-state index is 13.5. The molecule has 178 valence electrons. The molecule has 5 aromatic rings. The van der Waals surface area contributed by atoms with Gasteiger partial charge in [0.15, 0.2) is 0 Å². The molecule has 35 heavy (non-hydrogen) atoms. The summed E-state index contributed by atoms with van der Waals surface area (Å²) in [5, 5.41) is 7.85. The highest BCUT2D eigenvalue weighted by Crippen LogP contribution is 2.41. The van der Waals surface area contributed by atoms with Crippen molar-refractivity contribution in [2.75, 3.05) is 10.0 Å². The van der Waals surface area contributed by atoms with Crippen molar-refractivity contribution >= 4 is 49.0 Å². The van der Waals surface area contributed by atoms with Gasteiger partial charge >= 0.3 is 0 Å². The van der Waals surface area contributed by atoms with Crippen molar-refractivity contribution < 1.29 is 17.3 Å². The molecule has 2 aromatic carbocycles. The van der Waals surface area contributed by atoms with Gasteiger partial charge in [-0.3, -0.25) is 0 Å². The molecule has 0 amide bonds. The van der Waals surface area contributed by atoms with Crippen LogP contribution in [0.4, 0.5) is 21.8 Å². The molecular weight excluding hydrogens is 489 g/mol. The first-order chi connectivity index (χ1) is 16.7. The molecule has 0 bridgehead atoms. The Labute approximate surface area is 204 Å². The van der Waals surface area contributed by atoms with Gasteiger partial charge in [0.05, 0.1) is 16.0 Å². The molecule has 8 nitrogen and oxygen atoms in total. The lowest BCUT2D eigenvalue weighted by Crippen LogP contribution is -2.13. The topological polar surface area (TPSA) is 110 Å². The number of nitrogens with one attached hydrogen (secondary N) is 2. The largest absolute Gasteiger partial charge is 0.340 e. The molecule has 0 aliphatic rings. The molecule has 0 aliphatic carbocycles. The van der Waals surface area contributed by atoms with Crippen LogP contribution in [-0.4, -0.2) is 23.5 Å². The standard InChI is InChI=1S/C24H20FN5O3S2/c1-13-14(2)29-33-23(13)30-35(31,32)19-10-8-18(9-11-19)28-22-21-20(16-4-6-17(25)7-5-16)15(3)34-24(21)27-12-26-22/h4-12,30H,1-3H3,(H,26,27,28). The fraction of sp³-hybridized carbons (Fsp3) is 0.125. The van der Waals surface area contributed by atoms with E-state index >= 15 is 0 Å². The number of hydrogen-bond donors (Lipinski definition) is 2. The summed E-state index contributed by atoms with van der Waals surface area (Å²) in [7, 11) is -3.86. The summed E-state index contributed by atoms with van der Waals surface area (Å²) >= 11 is 1.53. The second-order valence-corrected chi connectivity index (χ2v) is 10.8. The van der Waals surface area contributed by atoms with Crippen molar-refractivity contribution in [1.29, 1.82) is 0 Å². The number of nitrogens with zero attached hydrogens (tertiary/aromatic N) is 3. The smallest absolute Gasteiger partial charge is 0.264 e. The number of hydrogen-bond acceptors (Lipinski definition) is 8. The predicted molar refractivity (Wildman–Crippen MR) is 134 cm³/mol. The molecule has 0 aliphatic heterocycles. The minimum absolute atomic E-state index is 0.0720. The Hall–Kier alpha value is -3.83. The van der Waals surface area contributed by atoms with Crippen LogP contribution in [0.1, 0.15) is 16.1 Å². The van der Waals surface area contributed by atoms with E-state index in [-0.39, 0.29) is 16.6 Å². The van der Waals surface area contributed by atoms with Gasteiger partial charge in [0.1, 0.15) is 22.8 Å². The Kier molecular flexibility index (Phi) is 5.73. The summed E-state index contributed by atoms with van der Waals surface area (Å²) in [6.07, 6.45) is 1.47. The molecule has 0 unspecified atom stereocenters. The molecule has 0 fully saturated rings. The van der Waals surface area contributed by atoms with Gasteiger partial charge in [-0.2, -0.15) is 0 Å². The number of rotatable bonds is 6. The Bertz CT molecular complexity index is 1640. The van der Waals surface area contributed by atoms with E-state index in [9.17, 15) is 12.8 Å². The molecule has 5 rings (SSSR count). The third-order valence-corrected chi connectivity index (χ3v) is 7.97. The maximum absolute atomic E-state index is 13.5. The fourth-order valence-corrected chi connectivity index (χ4v) is 5.71. The number of aryl methyl sites for hydroxylation is 2. The lowest BCUT2D eigenvalue weighted by Gasteiger charge is -2.10. The normalized spacial score (nSPS) is 11.7. The summed E-state index contributed by atoms with van der Waals surface area (Å²) in [6, 6.07) is 12.6. The van der Waals surface area contributed by atoms with Crippen molar-refractivity contribution in [3.63, 3.8) is 0 Å². The Morgan fingerprint density at radius 1 is 0.971 bits per heavy atom. The molecular formula is C24H20FN5O3S2. The second-order valence-electron chi connectivity index (χ2n) is 7.92. The summed E-state index contributed by atoms with van der Waals surface area (Å²) in [4.78, 5) is 10.7. The van der Waals surface area contributed by atoms with Gasteiger partial charge < -0.3 is 9.84 Å². The fourth-order valence-electron chi connectivity index (χ4n) is 3.65. The third kappa shape index (κ3) is 4.35. The zero-order valence-corrected chi connectivity index (χ0v) is 20.6. The van der Waals surface area contributed by atoms with Crippen LogP contribution in [0.25, 0.3) is 21.3 Å². The molecule has 3 aromatic heterocycles. The van der Waals surface area contributed by atoms with E-state index < -0.39 is 10.0 Å². The van der Waals surface area contributed by atoms with Gasteiger partial charge in [-0.05, 0) is 62.7 Å². The average Bonchev–Trinajstić information content (AvgIpc) is 3.33. The number of thiophene rings is 1. The van der Waals surface area contributed by atoms with E-state index in [1.165, 1.54) is 41.9 Å². The molecule has 0 saturated heterocycles. The first kappa shape index (κ1) is 22.9. The van der Waals surface area contributed by atoms with Gasteiger partial charge in [-0.25, -0.2) is 27.5 Å². The highest BCUT2D eigenvalue weighted by atomic mass is 32.2. The van der Waals surface area contributed by atoms with E-state index in [2.05, 4.69) is 25.2 Å². The molecule has 0 spiro atoms. The van der Waals surface area contributed by atoms with Crippen LogP contribution in [-0.2, 0) is 10.0 Å². The van der Waals surface area contributed by atoms with Gasteiger partial charge in [-0.15, -0.1) is 11.3 Å². The molecule has 0 atom stereocenters. The number of halogens is 1. The van der Waals surface area contributed by atoms with Crippen molar-refractivity contribution in [1.82, 2.24) is 15.1 Å². The highest BCUT2D eigenvalue weighted by molar-refractivity contribution is 7.92. The first-order valence-corrected chi connectivity index (χ1v) is 12.9. The average molecular weight is 510 g/mol. The van der Waals surface area contributed by atoms with Crippen LogP contribution >= 0.6 is 11.3 Å². The Morgan fingerprint density at radius 3 is 2.34 bits per heavy atom. The Balaban J connectivity index is 1.46. The Morgan fingerprint density at radius 2 is 1.69 bits per heavy atom. The van der Waals surface area contributed by atoms with Gasteiger partial charge in [0, 0.05) is 21.7 Å². The van der Waals surface area contributed by atoms with Crippen LogP contribution in [0, 0.1) is 26.6 Å². The van der Waals surface area contributed by atoms with Crippen molar-refractivity contribution in [3.05, 3.63) is 76.8 Å². The van der Waals surface area contributed by atoms with Crippen molar-refractivity contribution in [2.24, 2.45) is 0 Å². The van der Waals surface area contributed by atoms with E-state index in [1.807, 2.05) is 6.92 Å². The highest BCUT2D eigenvalue weighted by Gasteiger charge is 2.20. The van der Waals surface area contributed by atoms with Crippen LogP contribution in [0.3, 0.4) is 0 Å². The molecule has 0 radical (unpaired) electrons. The SMILES string of the molecule is Cc1noc(NS(=O)(=O)c2ccc(Nc3ncnc4sc(C)c(-c5ccc(F)cc5)c34)cc2)c1C. The lowest BCUT2D eigenvalue weighted by atomic mass is 10.0. The zero-order valence-electron chi connectivity index (χ0n) is 19.0. The minimum atomic E-state index is -3.86. The first-order valence-electron chi connectivity index (χ1n) is 10.6. The summed E-state index contributed by atoms with van der Waals surface area (Å²) in [6.45, 7) is 5.45. The van der Waals surface area contributed by atoms with E-state index in [4.69, 9.17) is 4.52 Å². The predicted octanol–water partition coefficient (Wildman–Crippen LogP) is 5.96. The zero-order chi connectivity index (χ0) is 24.7. The summed E-state index contributed by atoms with van der Waals surface area (Å²) in [5.41, 5.74) is 3.67. The number of sulfonamides is 1. The van der Waals surface area contributed by atoms with E-state index in [1.54, 1.807) is 38.1 Å². The number of aromatic nitrogens is 3. The molecule has 0 saturated carbocycles. The van der Waals surface area contributed by atoms with Crippen molar-refractivity contribution in [3.8, 4) is 11.1 Å². The molecule has 2 N–H and O–H groups in total. The van der Waals surface area contributed by atoms with Crippen LogP contribution in [0.15, 0.2) is 64.3 Å². The monoisotopic (exact) mass is 509 g/mol. The van der Waals surface area contributed by atoms with Crippen LogP contribution < -0.4 is 10.0 Å². The van der Waals surface area contributed by atoms with Gasteiger partial charge in [-0.1, -0.05) is 17.3 Å². The van der Waals surface area contributed by atoms with Gasteiger partial charge in [0.2, 0.25) is 5.88 Å². The van der Waals surface area contributed by atoms with Crippen LogP contribution in [0.2, 0.25) is 0 Å². The number of fused-ring (bicyclic) bond motifs is 1. The minimum Gasteiger partial charge on any atom is -0.340 e. The molecule has 3 heterocycles. The van der Waals surface area contributed by atoms with Gasteiger partial charge in [0.25, 0.3) is 10.0 Å². The molecule has 11 heteroatoms. The number of benzene rings is 2. The van der Waals surface area contributed by atoms with E-state index in [0.717, 1.165) is 26.2 Å². The second kappa shape index (κ2) is 8.75. The summed E-state index contributed by atoms with van der Waals surface area (Å²) in [5.74, 6) is 0.355. The van der Waals surface area contributed by atoms with Crippen LogP contribution in [0.5, 0.6) is 0 Å². The number of anilines is 3. The van der Waals surface area contributed by atoms with Crippen molar-refractivity contribution in [2.45, 2.75) is 25.7 Å². The third-order valence-electron chi connectivity index (χ3n) is 5.61. The maximum Gasteiger partial charge on any atom is 0.264 e. The van der Waals surface area contributed by atoms with E-state index in [0.29, 0.717) is 22.8 Å².